The van der Waals surface area contributed by atoms with Gasteiger partial charge in [0.1, 0.15) is 0 Å². The van der Waals surface area contributed by atoms with Crippen molar-refractivity contribution < 1.29 is 4.79 Å². The number of halogens is 1. The average molecular weight is 312 g/mol. The zero-order valence-electron chi connectivity index (χ0n) is 11.6. The standard InChI is InChI=1S/C15H22BrNO/c1-5-11(10-16)17-14(18)12-8-6-7-9-13(12)15(2,3)4/h6-9,11H,5,10H2,1-4H3,(H,17,18). The van der Waals surface area contributed by atoms with Gasteiger partial charge < -0.3 is 5.32 Å². The lowest BCUT2D eigenvalue weighted by Crippen LogP contribution is -2.36. The summed E-state index contributed by atoms with van der Waals surface area (Å²) in [6, 6.07) is 8.02. The van der Waals surface area contributed by atoms with Crippen LogP contribution < -0.4 is 5.32 Å². The highest BCUT2D eigenvalue weighted by molar-refractivity contribution is 9.09. The van der Waals surface area contributed by atoms with Gasteiger partial charge in [0.05, 0.1) is 0 Å². The van der Waals surface area contributed by atoms with Crippen LogP contribution in [-0.2, 0) is 5.41 Å². The number of nitrogens with one attached hydrogen (secondary N) is 1. The Labute approximate surface area is 118 Å². The van der Waals surface area contributed by atoms with Crippen LogP contribution in [0.4, 0.5) is 0 Å². The van der Waals surface area contributed by atoms with Crippen molar-refractivity contribution in [3.8, 4) is 0 Å². The van der Waals surface area contributed by atoms with Crippen LogP contribution in [0.5, 0.6) is 0 Å². The fraction of sp³-hybridized carbons (Fsp3) is 0.533. The lowest BCUT2D eigenvalue weighted by atomic mass is 9.83. The minimum Gasteiger partial charge on any atom is -0.348 e. The maximum absolute atomic E-state index is 12.3. The minimum absolute atomic E-state index is 0.0202. The monoisotopic (exact) mass is 311 g/mol. The summed E-state index contributed by atoms with van der Waals surface area (Å²) in [5, 5.41) is 3.84. The predicted octanol–water partition coefficient (Wildman–Crippen LogP) is 3.89. The van der Waals surface area contributed by atoms with Crippen molar-refractivity contribution in [3.05, 3.63) is 35.4 Å². The van der Waals surface area contributed by atoms with Crippen molar-refractivity contribution in [2.24, 2.45) is 0 Å². The highest BCUT2D eigenvalue weighted by Crippen LogP contribution is 2.25. The molecule has 100 valence electrons. The highest BCUT2D eigenvalue weighted by Gasteiger charge is 2.21. The van der Waals surface area contributed by atoms with Gasteiger partial charge in [-0.1, -0.05) is 61.8 Å². The number of carbonyl (C=O) groups is 1. The van der Waals surface area contributed by atoms with E-state index in [-0.39, 0.29) is 17.4 Å². The van der Waals surface area contributed by atoms with Crippen LogP contribution in [0.25, 0.3) is 0 Å². The zero-order valence-corrected chi connectivity index (χ0v) is 13.2. The van der Waals surface area contributed by atoms with E-state index in [2.05, 4.69) is 48.9 Å². The number of amides is 1. The van der Waals surface area contributed by atoms with Gasteiger partial charge in [-0.25, -0.2) is 0 Å². The molecule has 1 rings (SSSR count). The molecule has 0 bridgehead atoms. The molecule has 0 spiro atoms. The summed E-state index contributed by atoms with van der Waals surface area (Å²) in [5.74, 6) is 0.0202. The minimum atomic E-state index is -0.0238. The van der Waals surface area contributed by atoms with Crippen LogP contribution in [0.1, 0.15) is 50.0 Å². The Hall–Kier alpha value is -0.830. The first-order valence-electron chi connectivity index (χ1n) is 6.36. The Bertz CT molecular complexity index is 405. The molecule has 0 saturated heterocycles. The molecule has 1 unspecified atom stereocenters. The van der Waals surface area contributed by atoms with E-state index in [1.165, 1.54) is 0 Å². The Kier molecular flexibility index (Phi) is 5.39. The third-order valence-electron chi connectivity index (χ3n) is 2.99. The molecule has 1 amide bonds. The molecule has 0 aromatic heterocycles. The molecule has 18 heavy (non-hydrogen) atoms. The van der Waals surface area contributed by atoms with Crippen LogP contribution in [0, 0.1) is 0 Å². The second-order valence-corrected chi connectivity index (χ2v) is 6.18. The first kappa shape index (κ1) is 15.2. The summed E-state index contributed by atoms with van der Waals surface area (Å²) in [4.78, 5) is 12.3. The molecule has 0 saturated carbocycles. The molecule has 1 aromatic rings. The quantitative estimate of drug-likeness (QED) is 0.840. The Morgan fingerprint density at radius 3 is 2.44 bits per heavy atom. The molecule has 0 heterocycles. The average Bonchev–Trinajstić information content (AvgIpc) is 2.34. The van der Waals surface area contributed by atoms with E-state index in [0.29, 0.717) is 0 Å². The van der Waals surface area contributed by atoms with E-state index < -0.39 is 0 Å². The van der Waals surface area contributed by atoms with E-state index in [1.54, 1.807) is 0 Å². The smallest absolute Gasteiger partial charge is 0.251 e. The van der Waals surface area contributed by atoms with E-state index in [4.69, 9.17) is 0 Å². The lowest BCUT2D eigenvalue weighted by molar-refractivity contribution is 0.0938. The van der Waals surface area contributed by atoms with E-state index in [1.807, 2.05) is 24.3 Å². The number of carbonyl (C=O) groups excluding carboxylic acids is 1. The van der Waals surface area contributed by atoms with Gasteiger partial charge in [-0.15, -0.1) is 0 Å². The number of alkyl halides is 1. The lowest BCUT2D eigenvalue weighted by Gasteiger charge is -2.23. The molecule has 0 aliphatic carbocycles. The molecule has 0 aliphatic heterocycles. The molecule has 0 fully saturated rings. The Morgan fingerprint density at radius 1 is 1.33 bits per heavy atom. The summed E-state index contributed by atoms with van der Waals surface area (Å²) < 4.78 is 0. The van der Waals surface area contributed by atoms with Gasteiger partial charge in [-0.2, -0.15) is 0 Å². The van der Waals surface area contributed by atoms with Crippen LogP contribution in [0.15, 0.2) is 24.3 Å². The van der Waals surface area contributed by atoms with Crippen LogP contribution in [-0.4, -0.2) is 17.3 Å². The van der Waals surface area contributed by atoms with Gasteiger partial charge in [-0.3, -0.25) is 4.79 Å². The van der Waals surface area contributed by atoms with E-state index in [0.717, 1.165) is 22.9 Å². The predicted molar refractivity (Wildman–Crippen MR) is 80.5 cm³/mol. The molecule has 2 nitrogen and oxygen atoms in total. The number of benzene rings is 1. The third kappa shape index (κ3) is 3.84. The topological polar surface area (TPSA) is 29.1 Å². The molecule has 0 radical (unpaired) electrons. The normalized spacial score (nSPS) is 13.2. The Morgan fingerprint density at radius 2 is 1.94 bits per heavy atom. The fourth-order valence-electron chi connectivity index (χ4n) is 1.85. The van der Waals surface area contributed by atoms with Crippen molar-refractivity contribution in [3.63, 3.8) is 0 Å². The molecular formula is C15H22BrNO. The van der Waals surface area contributed by atoms with Gasteiger partial charge in [-0.05, 0) is 23.5 Å². The maximum atomic E-state index is 12.3. The molecule has 1 N–H and O–H groups in total. The summed E-state index contributed by atoms with van der Waals surface area (Å²) in [6.07, 6.45) is 0.925. The third-order valence-corrected chi connectivity index (χ3v) is 3.78. The second-order valence-electron chi connectivity index (χ2n) is 5.53. The second kappa shape index (κ2) is 6.37. The number of hydrogen-bond donors (Lipinski definition) is 1. The number of hydrogen-bond acceptors (Lipinski definition) is 1. The van der Waals surface area contributed by atoms with Gasteiger partial charge in [0.15, 0.2) is 0 Å². The van der Waals surface area contributed by atoms with Crippen LogP contribution >= 0.6 is 15.9 Å². The molecule has 3 heteroatoms. The van der Waals surface area contributed by atoms with Crippen LogP contribution in [0.3, 0.4) is 0 Å². The highest BCUT2D eigenvalue weighted by atomic mass is 79.9. The number of rotatable bonds is 4. The Balaban J connectivity index is 2.99. The van der Waals surface area contributed by atoms with Gasteiger partial charge in [0.2, 0.25) is 0 Å². The summed E-state index contributed by atoms with van der Waals surface area (Å²) in [5.41, 5.74) is 1.85. The van der Waals surface area contributed by atoms with Crippen molar-refractivity contribution in [1.82, 2.24) is 5.32 Å². The SMILES string of the molecule is CCC(CBr)NC(=O)c1ccccc1C(C)(C)C. The van der Waals surface area contributed by atoms with Crippen molar-refractivity contribution in [1.29, 1.82) is 0 Å². The molecular weight excluding hydrogens is 290 g/mol. The van der Waals surface area contributed by atoms with Gasteiger partial charge in [0, 0.05) is 16.9 Å². The molecule has 0 aliphatic rings. The van der Waals surface area contributed by atoms with Crippen molar-refractivity contribution >= 4 is 21.8 Å². The molecule has 1 atom stereocenters. The summed E-state index contributed by atoms with van der Waals surface area (Å²) in [7, 11) is 0. The maximum Gasteiger partial charge on any atom is 0.251 e. The van der Waals surface area contributed by atoms with Crippen molar-refractivity contribution in [2.75, 3.05) is 5.33 Å². The first-order chi connectivity index (χ1) is 8.40. The molecule has 1 aromatic carbocycles. The largest absolute Gasteiger partial charge is 0.348 e. The van der Waals surface area contributed by atoms with Crippen LogP contribution in [0.2, 0.25) is 0 Å². The first-order valence-corrected chi connectivity index (χ1v) is 7.48. The zero-order chi connectivity index (χ0) is 13.8. The summed E-state index contributed by atoms with van der Waals surface area (Å²) in [6.45, 7) is 8.45. The summed E-state index contributed by atoms with van der Waals surface area (Å²) >= 11 is 3.42. The van der Waals surface area contributed by atoms with Gasteiger partial charge >= 0.3 is 0 Å². The van der Waals surface area contributed by atoms with Crippen molar-refractivity contribution in [2.45, 2.75) is 45.6 Å². The van der Waals surface area contributed by atoms with E-state index in [9.17, 15) is 4.79 Å². The van der Waals surface area contributed by atoms with E-state index >= 15 is 0 Å². The fourth-order valence-corrected chi connectivity index (χ4v) is 2.47. The van der Waals surface area contributed by atoms with Gasteiger partial charge in [0.25, 0.3) is 5.91 Å².